The Balaban J connectivity index is 2.15. The van der Waals surface area contributed by atoms with Crippen LogP contribution in [0.2, 0.25) is 10.1 Å². The number of carboxylic acids is 9. The molecule has 1 saturated heterocycles. The number of benzene rings is 1. The molecule has 6 atom stereocenters. The monoisotopic (exact) mass is 1470 g/mol. The topological polar surface area (TPSA) is 516 Å². The summed E-state index contributed by atoms with van der Waals surface area (Å²) in [7, 11) is -3.76. The van der Waals surface area contributed by atoms with Crippen molar-refractivity contribution in [3.05, 3.63) is 29.8 Å². The van der Waals surface area contributed by atoms with Crippen molar-refractivity contribution >= 4 is 108 Å². The van der Waals surface area contributed by atoms with Crippen LogP contribution in [0, 0.1) is 17.8 Å². The second kappa shape index (κ2) is 44.0. The highest BCUT2D eigenvalue weighted by Crippen LogP contribution is 2.51. The van der Waals surface area contributed by atoms with Gasteiger partial charge in [0.25, 0.3) is 14.3 Å². The summed E-state index contributed by atoms with van der Waals surface area (Å²) < 4.78 is 17.2. The molecule has 35 heteroatoms. The van der Waals surface area contributed by atoms with Crippen LogP contribution < -0.4 is 26.5 Å². The first-order valence-electron chi connectivity index (χ1n) is 34.0. The standard InChI is InChI=1S/C67H103FN8O25Si/c1-66(2,3)102(68,67(4,5)6)49-20-14-42(15-21-49)59(90)70-38-45(37-47(78)18-22-52(65(100)101)76-33-31-74(40-57(86)87)29-27-73(39-56(84)85)28-30-75(32-34-76)41-58(88)89)60(91)72-51(64(98)99)13-9-10-26-69-53(80)24-19-46(77)11-7-8-12-50(63(96)97)71-54(81)23-16-43(61(92)93)35-48(79)36-44(62(94)95)17-25-55(82)83/h14-15,20-21,43-45,50-52H,7-13,16-19,22-41H2,1-6H3,(H,69,80)(H,70,90)(H,71,81)(H,72,91)(H,82,83)(H,84,85)(H,86,87)(H,88,89)(H,92,93)(H,94,95)(H,96,97)(H,98,99)(H,100,101)/t43-,44-,45?,50?,51?,52?/m1/s1. The van der Waals surface area contributed by atoms with Gasteiger partial charge in [-0.05, 0) is 78.8 Å². The molecule has 33 nitrogen and oxygen atoms in total. The molecule has 1 aliphatic heterocycles. The van der Waals surface area contributed by atoms with Gasteiger partial charge in [-0.1, -0.05) is 60.1 Å². The molecule has 0 aliphatic carbocycles. The van der Waals surface area contributed by atoms with E-state index < -0.39 is 214 Å². The van der Waals surface area contributed by atoms with Crippen molar-refractivity contribution < 1.29 is 127 Å². The summed E-state index contributed by atoms with van der Waals surface area (Å²) in [5.41, 5.74) is 0.0713. The van der Waals surface area contributed by atoms with Gasteiger partial charge in [0.2, 0.25) is 17.7 Å². The number of nitrogens with zero attached hydrogens (tertiary/aromatic N) is 4. The van der Waals surface area contributed by atoms with Crippen molar-refractivity contribution in [2.45, 2.75) is 185 Å². The summed E-state index contributed by atoms with van der Waals surface area (Å²) in [6, 6.07) is 1.51. The lowest BCUT2D eigenvalue weighted by atomic mass is 9.90. The van der Waals surface area contributed by atoms with Crippen LogP contribution in [0.5, 0.6) is 0 Å². The minimum atomic E-state index is -3.76. The molecule has 0 radical (unpaired) electrons. The number of halogens is 1. The summed E-state index contributed by atoms with van der Waals surface area (Å²) in [5, 5.41) is 96.1. The van der Waals surface area contributed by atoms with Gasteiger partial charge in [-0.2, -0.15) is 0 Å². The highest BCUT2D eigenvalue weighted by Gasteiger charge is 2.56. The molecular formula is C67H103FN8O25Si. The molecule has 0 bridgehead atoms. The number of ketones is 3. The maximum Gasteiger partial charge on any atom is 0.326 e. The lowest BCUT2D eigenvalue weighted by molar-refractivity contribution is -0.147. The fraction of sp³-hybridized carbons (Fsp3) is 0.672. The van der Waals surface area contributed by atoms with Gasteiger partial charge >= 0.3 is 53.7 Å². The molecule has 0 saturated carbocycles. The molecule has 1 aromatic carbocycles. The Labute approximate surface area is 591 Å². The van der Waals surface area contributed by atoms with Gasteiger partial charge in [0.1, 0.15) is 35.5 Å². The number of aliphatic carboxylic acids is 9. The summed E-state index contributed by atoms with van der Waals surface area (Å²) >= 11 is 0. The summed E-state index contributed by atoms with van der Waals surface area (Å²) in [4.78, 5) is 206. The van der Waals surface area contributed by atoms with Crippen molar-refractivity contribution in [3.63, 3.8) is 0 Å². The van der Waals surface area contributed by atoms with Crippen LogP contribution in [0.1, 0.15) is 167 Å². The number of Topliss-reactive ketones (excluding diaryl/α,β-unsaturated/α-hetero) is 3. The fourth-order valence-electron chi connectivity index (χ4n) is 12.2. The minimum absolute atomic E-state index is 0.0163. The summed E-state index contributed by atoms with van der Waals surface area (Å²) in [6.45, 7) is 8.94. The van der Waals surface area contributed by atoms with E-state index in [-0.39, 0.29) is 141 Å². The predicted molar refractivity (Wildman–Crippen MR) is 364 cm³/mol. The molecule has 102 heavy (non-hydrogen) atoms. The lowest BCUT2D eigenvalue weighted by Crippen LogP contribution is -2.57. The number of carboxylic acid groups (broad SMARTS) is 9. The van der Waals surface area contributed by atoms with E-state index >= 15 is 4.11 Å². The van der Waals surface area contributed by atoms with Crippen molar-refractivity contribution in [1.29, 1.82) is 0 Å². The molecule has 572 valence electrons. The van der Waals surface area contributed by atoms with Gasteiger partial charge in [0.05, 0.1) is 37.4 Å². The van der Waals surface area contributed by atoms with Crippen LogP contribution in [0.3, 0.4) is 0 Å². The second-order valence-electron chi connectivity index (χ2n) is 27.8. The van der Waals surface area contributed by atoms with Crippen LogP contribution in [0.25, 0.3) is 0 Å². The predicted octanol–water partition coefficient (Wildman–Crippen LogP) is 2.15. The third-order valence-corrected chi connectivity index (χ3v) is 23.0. The Morgan fingerprint density at radius 3 is 1.32 bits per heavy atom. The number of amides is 4. The average Bonchev–Trinajstić information content (AvgIpc) is 0.748. The number of hydrogen-bond donors (Lipinski definition) is 13. The number of carbonyl (C=O) groups is 16. The van der Waals surface area contributed by atoms with Gasteiger partial charge in [0.15, 0.2) is 0 Å². The van der Waals surface area contributed by atoms with E-state index in [0.717, 1.165) is 0 Å². The number of hydrogen-bond acceptors (Lipinski definition) is 20. The fourth-order valence-corrected chi connectivity index (χ4v) is 16.8. The molecular weight excluding hydrogens is 1360 g/mol. The first kappa shape index (κ1) is 89.4. The molecule has 1 aliphatic rings. The van der Waals surface area contributed by atoms with Gasteiger partial charge in [0, 0.05) is 129 Å². The minimum Gasteiger partial charge on any atom is -0.481 e. The first-order chi connectivity index (χ1) is 47.5. The highest BCUT2D eigenvalue weighted by molar-refractivity contribution is 6.90. The SMILES string of the molecule is CC(C)(C)[Si](F)(c1ccc(C(=O)NCC(CC(=O)CCC(C(=O)O)N2CCN(CC(=O)O)CCN(CC(=O)O)CCN(CC(=O)O)CC2)C(=O)NC(CCCCNC(=O)CCC(=O)CCCCC(NC(=O)CC[C@H](CC(=O)C[C@@H](CCC(=O)O)C(=O)O)C(=O)O)C(=O)O)C(=O)O)cc1)C(C)(C)C. The molecule has 13 N–H and O–H groups in total. The number of unbranched alkanes of at least 4 members (excludes halogenated alkanes) is 2. The third-order valence-electron chi connectivity index (χ3n) is 17.7. The Bertz CT molecular complexity index is 3040. The van der Waals surface area contributed by atoms with E-state index in [1.165, 1.54) is 43.9 Å². The quantitative estimate of drug-likeness (QED) is 0.0253. The summed E-state index contributed by atoms with van der Waals surface area (Å²) in [6.07, 6.45) is -4.80. The summed E-state index contributed by atoms with van der Waals surface area (Å²) in [5.74, 6) is -21.2. The van der Waals surface area contributed by atoms with E-state index in [9.17, 15) is 118 Å². The number of carbonyl (C=O) groups excluding carboxylic acids is 7. The zero-order chi connectivity index (χ0) is 77.2. The smallest absolute Gasteiger partial charge is 0.326 e. The van der Waals surface area contributed by atoms with Crippen molar-refractivity contribution in [1.82, 2.24) is 40.9 Å². The lowest BCUT2D eigenvalue weighted by Gasteiger charge is -2.44. The van der Waals surface area contributed by atoms with E-state index in [1.807, 2.05) is 41.5 Å². The number of rotatable bonds is 47. The molecule has 2 rings (SSSR count). The Kier molecular flexibility index (Phi) is 38.5. The molecule has 1 heterocycles. The van der Waals surface area contributed by atoms with Crippen LogP contribution in [-0.4, -0.2) is 272 Å². The van der Waals surface area contributed by atoms with Crippen LogP contribution >= 0.6 is 0 Å². The van der Waals surface area contributed by atoms with Crippen LogP contribution in [-0.2, 0) is 71.9 Å². The van der Waals surface area contributed by atoms with Crippen molar-refractivity contribution in [2.75, 3.05) is 85.1 Å². The largest absolute Gasteiger partial charge is 0.481 e. The van der Waals surface area contributed by atoms with Gasteiger partial charge in [-0.15, -0.1) is 0 Å². The molecule has 0 aromatic heterocycles. The molecule has 1 fully saturated rings. The van der Waals surface area contributed by atoms with E-state index in [4.69, 9.17) is 5.11 Å². The Hall–Kier alpha value is -8.67. The van der Waals surface area contributed by atoms with Crippen LogP contribution in [0.4, 0.5) is 4.11 Å². The van der Waals surface area contributed by atoms with Crippen LogP contribution in [0.15, 0.2) is 24.3 Å². The highest BCUT2D eigenvalue weighted by atomic mass is 28.4. The number of nitrogens with one attached hydrogen (secondary N) is 4. The molecule has 4 unspecified atom stereocenters. The van der Waals surface area contributed by atoms with E-state index in [2.05, 4.69) is 21.3 Å². The zero-order valence-corrected chi connectivity index (χ0v) is 59.9. The second-order valence-corrected chi connectivity index (χ2v) is 32.7. The van der Waals surface area contributed by atoms with Gasteiger partial charge in [-0.25, -0.2) is 9.59 Å². The normalized spacial score (nSPS) is 15.8. The van der Waals surface area contributed by atoms with Crippen molar-refractivity contribution in [3.8, 4) is 0 Å². The average molecular weight is 1470 g/mol. The third kappa shape index (κ3) is 33.4. The first-order valence-corrected chi connectivity index (χ1v) is 35.8. The molecule has 4 amide bonds. The maximum absolute atomic E-state index is 17.2. The van der Waals surface area contributed by atoms with E-state index in [0.29, 0.717) is 5.19 Å². The van der Waals surface area contributed by atoms with Gasteiger partial charge in [-0.3, -0.25) is 86.7 Å². The molecule has 0 spiro atoms. The van der Waals surface area contributed by atoms with E-state index in [1.54, 1.807) is 0 Å². The zero-order valence-electron chi connectivity index (χ0n) is 58.9. The van der Waals surface area contributed by atoms with Crippen molar-refractivity contribution in [2.24, 2.45) is 17.8 Å². The Morgan fingerprint density at radius 1 is 0.431 bits per heavy atom. The van der Waals surface area contributed by atoms with Gasteiger partial charge < -0.3 is 71.3 Å². The molecule has 1 aromatic rings. The Morgan fingerprint density at radius 2 is 0.882 bits per heavy atom. The maximum atomic E-state index is 17.2.